The molecule has 0 saturated heterocycles. The summed E-state index contributed by atoms with van der Waals surface area (Å²) in [5, 5.41) is 10.8. The first-order valence-corrected chi connectivity index (χ1v) is 6.89. The summed E-state index contributed by atoms with van der Waals surface area (Å²) in [5.41, 5.74) is 1.79. The number of benzene rings is 1. The van der Waals surface area contributed by atoms with Crippen LogP contribution in [0.2, 0.25) is 0 Å². The molecule has 1 N–H and O–H groups in total. The number of rotatable bonds is 4. The van der Waals surface area contributed by atoms with E-state index in [0.717, 1.165) is 17.1 Å². The zero-order chi connectivity index (χ0) is 14.7. The molecular weight excluding hydrogens is 290 g/mol. The van der Waals surface area contributed by atoms with E-state index in [1.165, 1.54) is 0 Å². The third-order valence-electron chi connectivity index (χ3n) is 2.98. The quantitative estimate of drug-likeness (QED) is 0.747. The summed E-state index contributed by atoms with van der Waals surface area (Å²) in [7, 11) is 0. The Bertz CT molecular complexity index is 768. The second kappa shape index (κ2) is 5.88. The number of fused-ring (bicyclic) bond motifs is 1. The summed E-state index contributed by atoms with van der Waals surface area (Å²) in [6.07, 6.45) is 4.20. The number of hydrogen-bond donors (Lipinski definition) is 1. The Morgan fingerprint density at radius 3 is 2.81 bits per heavy atom. The van der Waals surface area contributed by atoms with Gasteiger partial charge in [0.25, 0.3) is 5.78 Å². The average molecular weight is 302 g/mol. The molecule has 0 bridgehead atoms. The van der Waals surface area contributed by atoms with Crippen molar-refractivity contribution in [1.29, 1.82) is 0 Å². The van der Waals surface area contributed by atoms with Crippen molar-refractivity contribution in [3.63, 3.8) is 0 Å². The van der Waals surface area contributed by atoms with E-state index in [1.54, 1.807) is 6.20 Å². The Balaban J connectivity index is 1.77. The average Bonchev–Trinajstić information content (AvgIpc) is 2.92. The highest BCUT2D eigenvalue weighted by Gasteiger charge is 2.07. The molecule has 0 saturated carbocycles. The molecule has 21 heavy (non-hydrogen) atoms. The second-order valence-corrected chi connectivity index (χ2v) is 4.73. The Morgan fingerprint density at radius 1 is 1.24 bits per heavy atom. The number of anilines is 1. The predicted octanol–water partition coefficient (Wildman–Crippen LogP) is 1.89. The molecule has 0 aliphatic rings. The lowest BCUT2D eigenvalue weighted by Gasteiger charge is -2.04. The maximum absolute atomic E-state index is 11.2. The van der Waals surface area contributed by atoms with Crippen molar-refractivity contribution in [2.24, 2.45) is 0 Å². The number of nitrogens with zero attached hydrogens (tertiary/aromatic N) is 4. The van der Waals surface area contributed by atoms with Crippen molar-refractivity contribution in [1.82, 2.24) is 19.6 Å². The molecule has 0 radical (unpaired) electrons. The van der Waals surface area contributed by atoms with Gasteiger partial charge in [0, 0.05) is 24.5 Å². The fourth-order valence-electron chi connectivity index (χ4n) is 1.99. The zero-order valence-corrected chi connectivity index (χ0v) is 11.8. The molecule has 0 spiro atoms. The minimum Gasteiger partial charge on any atom is -0.325 e. The predicted molar refractivity (Wildman–Crippen MR) is 79.4 cm³/mol. The molecule has 3 rings (SSSR count). The molecule has 3 aromatic rings. The molecule has 0 unspecified atom stereocenters. The number of amides is 1. The molecule has 0 aliphatic heterocycles. The number of alkyl halides is 1. The lowest BCUT2D eigenvalue weighted by Crippen LogP contribution is -2.12. The van der Waals surface area contributed by atoms with Crippen molar-refractivity contribution in [2.75, 3.05) is 11.2 Å². The lowest BCUT2D eigenvalue weighted by molar-refractivity contribution is -0.113. The van der Waals surface area contributed by atoms with E-state index in [2.05, 4.69) is 20.5 Å². The highest BCUT2D eigenvalue weighted by Crippen LogP contribution is 2.13. The summed E-state index contributed by atoms with van der Waals surface area (Å²) in [4.78, 5) is 15.3. The van der Waals surface area contributed by atoms with E-state index >= 15 is 0 Å². The Labute approximate surface area is 125 Å². The van der Waals surface area contributed by atoms with Crippen molar-refractivity contribution >= 4 is 29.0 Å². The second-order valence-electron chi connectivity index (χ2n) is 4.46. The third kappa shape index (κ3) is 3.00. The van der Waals surface area contributed by atoms with Gasteiger partial charge in [-0.2, -0.15) is 0 Å². The van der Waals surface area contributed by atoms with Crippen LogP contribution in [0, 0.1) is 0 Å². The van der Waals surface area contributed by atoms with Crippen LogP contribution < -0.4 is 5.32 Å². The van der Waals surface area contributed by atoms with Gasteiger partial charge in [0.2, 0.25) is 5.91 Å². The number of carbonyl (C=O) groups is 1. The van der Waals surface area contributed by atoms with Gasteiger partial charge in [-0.15, -0.1) is 21.8 Å². The summed E-state index contributed by atoms with van der Waals surface area (Å²) in [6, 6.07) is 9.37. The van der Waals surface area contributed by atoms with Crippen LogP contribution in [0.3, 0.4) is 0 Å². The van der Waals surface area contributed by atoms with Gasteiger partial charge in [-0.25, -0.2) is 4.98 Å². The Morgan fingerprint density at radius 2 is 2.05 bits per heavy atom. The van der Waals surface area contributed by atoms with E-state index in [0.29, 0.717) is 12.2 Å². The van der Waals surface area contributed by atoms with Gasteiger partial charge in [0.1, 0.15) is 11.7 Å². The molecule has 106 valence electrons. The van der Waals surface area contributed by atoms with Crippen LogP contribution in [-0.4, -0.2) is 31.4 Å². The largest absolute Gasteiger partial charge is 0.325 e. The lowest BCUT2D eigenvalue weighted by atomic mass is 10.1. The maximum Gasteiger partial charge on any atom is 0.254 e. The van der Waals surface area contributed by atoms with Crippen LogP contribution >= 0.6 is 11.6 Å². The van der Waals surface area contributed by atoms with Gasteiger partial charge < -0.3 is 5.32 Å². The number of nitrogens with one attached hydrogen (secondary N) is 1. The smallest absolute Gasteiger partial charge is 0.254 e. The van der Waals surface area contributed by atoms with Crippen LogP contribution in [0.1, 0.15) is 11.4 Å². The van der Waals surface area contributed by atoms with Crippen LogP contribution in [0.25, 0.3) is 5.78 Å². The van der Waals surface area contributed by atoms with Gasteiger partial charge in [-0.1, -0.05) is 12.1 Å². The highest BCUT2D eigenvalue weighted by molar-refractivity contribution is 6.29. The summed E-state index contributed by atoms with van der Waals surface area (Å²) in [5.74, 6) is 1.12. The van der Waals surface area contributed by atoms with Crippen molar-refractivity contribution in [3.05, 3.63) is 54.1 Å². The molecule has 1 amide bonds. The van der Waals surface area contributed by atoms with Crippen LogP contribution in [0.15, 0.2) is 42.7 Å². The normalized spacial score (nSPS) is 10.7. The standard InChI is InChI=1S/C14H12ClN5O/c15-9-13(21)17-11-4-2-10(3-5-11)8-12-18-19-14-16-6-1-7-20(12)14/h1-7H,8-9H2,(H,17,21). The van der Waals surface area contributed by atoms with Crippen molar-refractivity contribution < 1.29 is 4.79 Å². The SMILES string of the molecule is O=C(CCl)Nc1ccc(Cc2nnc3ncccn23)cc1. The molecule has 2 heterocycles. The molecule has 1 aromatic carbocycles. The Hall–Kier alpha value is -2.47. The number of hydrogen-bond acceptors (Lipinski definition) is 4. The summed E-state index contributed by atoms with van der Waals surface area (Å²) >= 11 is 5.45. The van der Waals surface area contributed by atoms with E-state index in [-0.39, 0.29) is 11.8 Å². The van der Waals surface area contributed by atoms with Crippen LogP contribution in [-0.2, 0) is 11.2 Å². The Kier molecular flexibility index (Phi) is 3.79. The van der Waals surface area contributed by atoms with Crippen LogP contribution in [0.4, 0.5) is 5.69 Å². The van der Waals surface area contributed by atoms with Crippen LogP contribution in [0.5, 0.6) is 0 Å². The van der Waals surface area contributed by atoms with Gasteiger partial charge >= 0.3 is 0 Å². The third-order valence-corrected chi connectivity index (χ3v) is 3.22. The summed E-state index contributed by atoms with van der Waals surface area (Å²) < 4.78 is 1.85. The van der Waals surface area contributed by atoms with E-state index in [4.69, 9.17) is 11.6 Å². The summed E-state index contributed by atoms with van der Waals surface area (Å²) in [6.45, 7) is 0. The number of carbonyl (C=O) groups excluding carboxylic acids is 1. The zero-order valence-electron chi connectivity index (χ0n) is 11.0. The van der Waals surface area contributed by atoms with Gasteiger partial charge in [0.15, 0.2) is 0 Å². The molecule has 0 aliphatic carbocycles. The topological polar surface area (TPSA) is 72.2 Å². The van der Waals surface area contributed by atoms with E-state index < -0.39 is 0 Å². The molecule has 0 atom stereocenters. The molecule has 7 heteroatoms. The van der Waals surface area contributed by atoms with E-state index in [1.807, 2.05) is 40.9 Å². The maximum atomic E-state index is 11.2. The van der Waals surface area contributed by atoms with Crippen molar-refractivity contribution in [3.8, 4) is 0 Å². The first-order valence-electron chi connectivity index (χ1n) is 6.35. The number of aromatic nitrogens is 4. The molecule has 0 fully saturated rings. The minimum absolute atomic E-state index is 0.0551. The molecule has 2 aromatic heterocycles. The molecule has 6 nitrogen and oxygen atoms in total. The van der Waals surface area contributed by atoms with E-state index in [9.17, 15) is 4.79 Å². The monoisotopic (exact) mass is 301 g/mol. The first kappa shape index (κ1) is 13.5. The van der Waals surface area contributed by atoms with Gasteiger partial charge in [-0.3, -0.25) is 9.20 Å². The number of halogens is 1. The fourth-order valence-corrected chi connectivity index (χ4v) is 2.06. The van der Waals surface area contributed by atoms with Gasteiger partial charge in [0.05, 0.1) is 0 Å². The van der Waals surface area contributed by atoms with Crippen molar-refractivity contribution in [2.45, 2.75) is 6.42 Å². The molecular formula is C14H12ClN5O. The highest BCUT2D eigenvalue weighted by atomic mass is 35.5. The minimum atomic E-state index is -0.223. The van der Waals surface area contributed by atoms with Gasteiger partial charge in [-0.05, 0) is 23.8 Å². The first-order chi connectivity index (χ1) is 10.3. The fraction of sp³-hybridized carbons (Fsp3) is 0.143.